The molecule has 3 atom stereocenters. The lowest BCUT2D eigenvalue weighted by atomic mass is 9.64. The average Bonchev–Trinajstić information content (AvgIpc) is 3.17. The van der Waals surface area contributed by atoms with E-state index in [1.165, 1.54) is 6.07 Å². The van der Waals surface area contributed by atoms with E-state index in [-0.39, 0.29) is 17.8 Å². The lowest BCUT2D eigenvalue weighted by molar-refractivity contribution is -0.112. The van der Waals surface area contributed by atoms with Crippen LogP contribution in [-0.4, -0.2) is 37.1 Å². The van der Waals surface area contributed by atoms with Gasteiger partial charge in [0.05, 0.1) is 5.69 Å². The molecule has 3 unspecified atom stereocenters. The Morgan fingerprint density at radius 2 is 2.03 bits per heavy atom. The molecule has 8 nitrogen and oxygen atoms in total. The fraction of sp³-hybridized carbons (Fsp3) is 0.409. The molecule has 2 amide bonds. The third-order valence-corrected chi connectivity index (χ3v) is 6.27. The summed E-state index contributed by atoms with van der Waals surface area (Å²) >= 11 is 0. The van der Waals surface area contributed by atoms with E-state index in [9.17, 15) is 9.18 Å². The molecular weight excluding hydrogens is 399 g/mol. The summed E-state index contributed by atoms with van der Waals surface area (Å²) in [5.74, 6) is 1.37. The highest BCUT2D eigenvalue weighted by Crippen LogP contribution is 2.55. The van der Waals surface area contributed by atoms with Gasteiger partial charge in [-0.1, -0.05) is 12.1 Å². The minimum atomic E-state index is -0.639. The summed E-state index contributed by atoms with van der Waals surface area (Å²) in [6.45, 7) is 5.70. The van der Waals surface area contributed by atoms with Gasteiger partial charge in [-0.05, 0) is 56.4 Å². The Balaban J connectivity index is 1.46. The summed E-state index contributed by atoms with van der Waals surface area (Å²) in [7, 11) is 0. The fourth-order valence-electron chi connectivity index (χ4n) is 5.06. The van der Waals surface area contributed by atoms with Gasteiger partial charge in [-0.15, -0.1) is 0 Å². The number of carbonyl (C=O) groups excluding carboxylic acids is 1. The minimum Gasteiger partial charge on any atom is -0.337 e. The van der Waals surface area contributed by atoms with Gasteiger partial charge in [0, 0.05) is 30.4 Å². The second-order valence-corrected chi connectivity index (χ2v) is 8.60. The van der Waals surface area contributed by atoms with E-state index in [1.807, 2.05) is 0 Å². The number of aromatic nitrogens is 4. The van der Waals surface area contributed by atoms with Gasteiger partial charge in [0.2, 0.25) is 0 Å². The summed E-state index contributed by atoms with van der Waals surface area (Å²) in [6.07, 6.45) is 5.65. The predicted molar refractivity (Wildman–Crippen MR) is 111 cm³/mol. The average molecular weight is 422 g/mol. The van der Waals surface area contributed by atoms with Gasteiger partial charge >= 0.3 is 6.03 Å². The van der Waals surface area contributed by atoms with Crippen molar-refractivity contribution in [2.45, 2.75) is 51.6 Å². The maximum Gasteiger partial charge on any atom is 0.323 e. The number of fused-ring (bicyclic) bond motifs is 2. The minimum absolute atomic E-state index is 0.0568. The van der Waals surface area contributed by atoms with E-state index < -0.39 is 11.4 Å². The van der Waals surface area contributed by atoms with E-state index in [0.717, 1.165) is 19.3 Å². The molecule has 160 valence electrons. The summed E-state index contributed by atoms with van der Waals surface area (Å²) < 4.78 is 20.2. The summed E-state index contributed by atoms with van der Waals surface area (Å²) in [5, 5.41) is 6.68. The van der Waals surface area contributed by atoms with Crippen LogP contribution in [0.2, 0.25) is 0 Å². The number of hydrogen-bond donors (Lipinski definition) is 1. The normalized spacial score (nSPS) is 24.6. The van der Waals surface area contributed by atoms with Gasteiger partial charge in [-0.3, -0.25) is 0 Å². The van der Waals surface area contributed by atoms with Crippen molar-refractivity contribution < 1.29 is 13.7 Å². The molecular formula is C22H23FN6O2. The molecule has 1 N–H and O–H groups in total. The highest BCUT2D eigenvalue weighted by Gasteiger charge is 2.62. The van der Waals surface area contributed by atoms with Crippen molar-refractivity contribution in [3.8, 4) is 11.4 Å². The quantitative estimate of drug-likeness (QED) is 0.679. The molecule has 5 rings (SSSR count). The first-order valence-electron chi connectivity index (χ1n) is 10.4. The first-order chi connectivity index (χ1) is 14.9. The topological polar surface area (TPSA) is 97.0 Å². The number of hydrogen-bond acceptors (Lipinski definition) is 6. The number of benzene rings is 1. The molecule has 1 aliphatic heterocycles. The van der Waals surface area contributed by atoms with Crippen LogP contribution in [0.5, 0.6) is 0 Å². The Morgan fingerprint density at radius 3 is 2.74 bits per heavy atom. The number of carbonyl (C=O) groups is 1. The molecule has 9 heteroatoms. The number of piperidine rings is 1. The van der Waals surface area contributed by atoms with E-state index in [4.69, 9.17) is 4.52 Å². The van der Waals surface area contributed by atoms with Crippen LogP contribution < -0.4 is 5.32 Å². The number of halogens is 1. The van der Waals surface area contributed by atoms with Crippen LogP contribution >= 0.6 is 0 Å². The smallest absolute Gasteiger partial charge is 0.323 e. The van der Waals surface area contributed by atoms with Crippen molar-refractivity contribution >= 4 is 11.7 Å². The SMILES string of the molecule is Cc1noc(C23CC(C)CC(C2)N3C(=O)Nc2cc(-c3ncccn3)c(C)cc2F)n1. The highest BCUT2D eigenvalue weighted by atomic mass is 19.1. The molecule has 1 aliphatic carbocycles. The third kappa shape index (κ3) is 3.15. The lowest BCUT2D eigenvalue weighted by Crippen LogP contribution is -2.70. The Kier molecular flexibility index (Phi) is 4.49. The summed E-state index contributed by atoms with van der Waals surface area (Å²) in [6, 6.07) is 4.37. The Bertz CT molecular complexity index is 1150. The number of urea groups is 1. The van der Waals surface area contributed by atoms with Gasteiger partial charge in [-0.2, -0.15) is 4.98 Å². The van der Waals surface area contributed by atoms with Crippen molar-refractivity contribution in [2.24, 2.45) is 5.92 Å². The van der Waals surface area contributed by atoms with Crippen LogP contribution in [0.25, 0.3) is 11.4 Å². The number of aryl methyl sites for hydroxylation is 2. The number of amides is 2. The molecule has 1 aromatic carbocycles. The van der Waals surface area contributed by atoms with Crippen molar-refractivity contribution in [1.29, 1.82) is 0 Å². The van der Waals surface area contributed by atoms with Gasteiger partial charge in [0.15, 0.2) is 11.6 Å². The summed E-state index contributed by atoms with van der Waals surface area (Å²) in [5.41, 5.74) is 0.805. The maximum atomic E-state index is 14.8. The first-order valence-corrected chi connectivity index (χ1v) is 10.4. The Hall–Kier alpha value is -3.36. The van der Waals surface area contributed by atoms with Crippen molar-refractivity contribution in [2.75, 3.05) is 5.32 Å². The highest BCUT2D eigenvalue weighted by molar-refractivity contribution is 5.92. The fourth-order valence-corrected chi connectivity index (χ4v) is 5.06. The van der Waals surface area contributed by atoms with Crippen LogP contribution in [0, 0.1) is 25.6 Å². The summed E-state index contributed by atoms with van der Waals surface area (Å²) in [4.78, 5) is 28.0. The van der Waals surface area contributed by atoms with E-state index >= 15 is 0 Å². The van der Waals surface area contributed by atoms with Gasteiger partial charge < -0.3 is 14.7 Å². The maximum absolute atomic E-state index is 14.8. The molecule has 3 heterocycles. The zero-order chi connectivity index (χ0) is 21.8. The molecule has 0 radical (unpaired) electrons. The molecule has 2 fully saturated rings. The second-order valence-electron chi connectivity index (χ2n) is 8.60. The Morgan fingerprint density at radius 1 is 1.26 bits per heavy atom. The standard InChI is InChI=1S/C22H23FN6O2/c1-12-7-15-11-22(10-12,20-26-14(3)28-31-20)29(15)21(30)27-18-9-16(13(2)8-17(18)23)19-24-5-4-6-25-19/h4-6,8-9,12,15H,7,10-11H2,1-3H3,(H,27,30). The van der Waals surface area contributed by atoms with Crippen LogP contribution in [-0.2, 0) is 5.54 Å². The van der Waals surface area contributed by atoms with Crippen LogP contribution in [0.15, 0.2) is 35.1 Å². The zero-order valence-electron chi connectivity index (χ0n) is 17.6. The number of nitrogens with one attached hydrogen (secondary N) is 1. The second kappa shape index (κ2) is 7.11. The molecule has 3 aromatic rings. The van der Waals surface area contributed by atoms with Crippen LogP contribution in [0.1, 0.15) is 43.5 Å². The van der Waals surface area contributed by atoms with Gasteiger partial charge in [-0.25, -0.2) is 19.2 Å². The molecule has 0 spiro atoms. The largest absolute Gasteiger partial charge is 0.337 e. The van der Waals surface area contributed by atoms with Crippen molar-refractivity contribution in [3.63, 3.8) is 0 Å². The monoisotopic (exact) mass is 422 g/mol. The van der Waals surface area contributed by atoms with Crippen molar-refractivity contribution in [1.82, 2.24) is 25.0 Å². The first kappa shape index (κ1) is 19.6. The number of rotatable bonds is 3. The molecule has 2 aromatic heterocycles. The van der Waals surface area contributed by atoms with Gasteiger partial charge in [0.1, 0.15) is 11.4 Å². The predicted octanol–water partition coefficient (Wildman–Crippen LogP) is 4.21. The van der Waals surface area contributed by atoms with E-state index in [0.29, 0.717) is 34.6 Å². The lowest BCUT2D eigenvalue weighted by Gasteiger charge is -2.61. The Labute approximate surface area is 178 Å². The molecule has 1 saturated carbocycles. The third-order valence-electron chi connectivity index (χ3n) is 6.27. The zero-order valence-corrected chi connectivity index (χ0v) is 17.6. The van der Waals surface area contributed by atoms with Gasteiger partial charge in [0.25, 0.3) is 5.89 Å². The van der Waals surface area contributed by atoms with E-state index in [1.54, 1.807) is 43.3 Å². The molecule has 2 aliphatic rings. The van der Waals surface area contributed by atoms with Crippen LogP contribution in [0.3, 0.4) is 0 Å². The molecule has 2 bridgehead atoms. The number of nitrogens with zero attached hydrogens (tertiary/aromatic N) is 5. The molecule has 1 saturated heterocycles. The number of likely N-dealkylation sites (tertiary alicyclic amines) is 1. The molecule has 31 heavy (non-hydrogen) atoms. The van der Waals surface area contributed by atoms with E-state index in [2.05, 4.69) is 32.3 Å². The van der Waals surface area contributed by atoms with Crippen molar-refractivity contribution in [3.05, 3.63) is 53.7 Å². The number of anilines is 1. The van der Waals surface area contributed by atoms with Crippen LogP contribution in [0.4, 0.5) is 14.9 Å².